The minimum atomic E-state index is -0.698. The second kappa shape index (κ2) is 20.0. The highest BCUT2D eigenvalue weighted by Crippen LogP contribution is 2.51. The Labute approximate surface area is 260 Å². The highest BCUT2D eigenvalue weighted by Gasteiger charge is 2.30. The van der Waals surface area contributed by atoms with E-state index >= 15 is 0 Å². The number of nitrogens with zero attached hydrogens (tertiary/aromatic N) is 1. The Morgan fingerprint density at radius 3 is 1.55 bits per heavy atom. The maximum absolute atomic E-state index is 12.8. The molecule has 2 unspecified atom stereocenters. The summed E-state index contributed by atoms with van der Waals surface area (Å²) in [7, 11) is 7.71. The summed E-state index contributed by atoms with van der Waals surface area (Å²) in [5.74, 6) is -2.21. The summed E-state index contributed by atoms with van der Waals surface area (Å²) >= 11 is 0. The van der Waals surface area contributed by atoms with Crippen molar-refractivity contribution in [2.24, 2.45) is 11.5 Å². The highest BCUT2D eigenvalue weighted by molar-refractivity contribution is 8.93. The van der Waals surface area contributed by atoms with Crippen LogP contribution >= 0.6 is 43.2 Å². The zero-order valence-electron chi connectivity index (χ0n) is 23.4. The third-order valence-corrected chi connectivity index (χ3v) is 9.67. The summed E-state index contributed by atoms with van der Waals surface area (Å²) in [5.41, 5.74) is 10.9. The van der Waals surface area contributed by atoms with Gasteiger partial charge >= 0.3 is 6.09 Å². The van der Waals surface area contributed by atoms with Gasteiger partial charge in [-0.15, -0.1) is 0 Å². The molecule has 0 aliphatic carbocycles. The Hall–Kier alpha value is -2.06. The normalized spacial score (nSPS) is 15.6. The van der Waals surface area contributed by atoms with Crippen molar-refractivity contribution in [1.82, 2.24) is 31.5 Å². The van der Waals surface area contributed by atoms with Gasteiger partial charge in [-0.25, -0.2) is 4.79 Å². The van der Waals surface area contributed by atoms with Gasteiger partial charge in [-0.05, 0) is 38.5 Å². The third-order valence-electron chi connectivity index (χ3n) is 6.05. The molecule has 2 rings (SSSR count). The van der Waals surface area contributed by atoms with E-state index in [9.17, 15) is 28.8 Å². The first kappa shape index (κ1) is 36.1. The Kier molecular flexibility index (Phi) is 17.2. The molecule has 0 radical (unpaired) electrons. The van der Waals surface area contributed by atoms with Crippen LogP contribution in [0.1, 0.15) is 44.9 Å². The monoisotopic (exact) mass is 668 g/mol. The van der Waals surface area contributed by atoms with Crippen molar-refractivity contribution in [3.63, 3.8) is 0 Å². The number of amides is 6. The fourth-order valence-corrected chi connectivity index (χ4v) is 5.70. The van der Waals surface area contributed by atoms with Crippen molar-refractivity contribution in [2.45, 2.75) is 66.4 Å². The molecule has 0 aromatic carbocycles. The summed E-state index contributed by atoms with van der Waals surface area (Å²) in [6.07, 6.45) is 2.76. The number of methoxy groups -OCH3 is 1. The van der Waals surface area contributed by atoms with E-state index in [1.807, 2.05) is 0 Å². The molecule has 0 bridgehead atoms. The van der Waals surface area contributed by atoms with Crippen LogP contribution in [0.25, 0.3) is 0 Å². The average Bonchev–Trinajstić information content (AvgIpc) is 3.87. The largest absolute Gasteiger partial charge is 0.453 e. The van der Waals surface area contributed by atoms with Crippen LogP contribution in [-0.2, 0) is 28.7 Å². The van der Waals surface area contributed by atoms with E-state index in [-0.39, 0.29) is 35.5 Å². The Balaban J connectivity index is 1.73. The molecule has 42 heavy (non-hydrogen) atoms. The van der Waals surface area contributed by atoms with Crippen LogP contribution in [0.4, 0.5) is 4.79 Å². The van der Waals surface area contributed by atoms with E-state index in [1.54, 1.807) is 43.2 Å². The first-order chi connectivity index (χ1) is 20.1. The molecule has 2 aliphatic heterocycles. The first-order valence-corrected chi connectivity index (χ1v) is 18.0. The molecule has 0 saturated carbocycles. The molecule has 0 aromatic rings. The number of hydrogen-bond donors (Lipinski definition) is 7. The van der Waals surface area contributed by atoms with Gasteiger partial charge < -0.3 is 37.1 Å². The topological polar surface area (TPSA) is 227 Å². The number of primary amides is 2. The molecule has 238 valence electrons. The summed E-state index contributed by atoms with van der Waals surface area (Å²) in [4.78, 5) is 73.4. The van der Waals surface area contributed by atoms with Gasteiger partial charge in [-0.2, -0.15) is 0 Å². The van der Waals surface area contributed by atoms with Crippen molar-refractivity contribution in [3.8, 4) is 0 Å². The smallest absolute Gasteiger partial charge is 0.406 e. The van der Waals surface area contributed by atoms with E-state index in [2.05, 4.69) is 31.3 Å². The number of nitrogens with two attached hydrogens (primary N) is 2. The molecule has 2 aliphatic rings. The second-order valence-electron chi connectivity index (χ2n) is 9.40. The third kappa shape index (κ3) is 16.5. The number of hydrogen-bond acceptors (Lipinski definition) is 13. The van der Waals surface area contributed by atoms with Gasteiger partial charge in [0.15, 0.2) is 0 Å². The van der Waals surface area contributed by atoms with Gasteiger partial charge in [0.1, 0.15) is 22.5 Å². The van der Waals surface area contributed by atoms with Gasteiger partial charge in [0.05, 0.1) is 19.2 Å². The minimum absolute atomic E-state index is 0.0227. The van der Waals surface area contributed by atoms with E-state index < -0.39 is 47.7 Å². The molecule has 0 spiro atoms. The number of nitrogens with one attached hydrogen (secondary N) is 5. The number of alkyl carbamates (subject to hydrolysis) is 1. The van der Waals surface area contributed by atoms with Gasteiger partial charge in [0.25, 0.3) is 0 Å². The Morgan fingerprint density at radius 2 is 1.17 bits per heavy atom. The first-order valence-electron chi connectivity index (χ1n) is 13.5. The standard InChI is InChI=1S/C23H40N8O7S4/c1-38-21(37)28-11-8-18(34)31(12-16(32)26-9-4-2-6-14(19(24)35)29-22-39-40-22)13-17(33)27-10-5-3-7-15(20(25)36)30-23-41-42-23/h14-15,22-23,29-30H,2-13H2,1H3,(H2,24,35)(H2,25,36)(H,26,32)(H,27,33)(H,28,37). The number of carbonyl (C=O) groups excluding carboxylic acids is 6. The molecular formula is C23H40N8O7S4. The van der Waals surface area contributed by atoms with E-state index in [4.69, 9.17) is 11.5 Å². The number of ether oxygens (including phenoxy) is 1. The highest BCUT2D eigenvalue weighted by atomic mass is 33.2. The van der Waals surface area contributed by atoms with Crippen LogP contribution in [0.3, 0.4) is 0 Å². The van der Waals surface area contributed by atoms with Crippen LogP contribution in [0.5, 0.6) is 0 Å². The lowest BCUT2D eigenvalue weighted by molar-refractivity contribution is -0.139. The Morgan fingerprint density at radius 1 is 0.714 bits per heavy atom. The lowest BCUT2D eigenvalue weighted by atomic mass is 10.1. The molecule has 6 amide bonds. The van der Waals surface area contributed by atoms with Crippen molar-refractivity contribution < 1.29 is 33.5 Å². The van der Waals surface area contributed by atoms with Crippen LogP contribution < -0.4 is 38.1 Å². The van der Waals surface area contributed by atoms with E-state index in [0.29, 0.717) is 51.6 Å². The lowest BCUT2D eigenvalue weighted by Gasteiger charge is -2.22. The SMILES string of the molecule is COC(=O)NCCC(=O)N(CC(=O)NCCCCC(NC1SS1)C(N)=O)CC(=O)NCCCCC(NC1SS1)C(N)=O. The predicted octanol–water partition coefficient (Wildman–Crippen LogP) is -0.622. The fourth-order valence-electron chi connectivity index (χ4n) is 3.71. The number of carbonyl (C=O) groups is 6. The second-order valence-corrected chi connectivity index (χ2v) is 15.0. The molecule has 15 nitrogen and oxygen atoms in total. The molecule has 19 heteroatoms. The van der Waals surface area contributed by atoms with Crippen LogP contribution in [0.2, 0.25) is 0 Å². The van der Waals surface area contributed by atoms with Crippen molar-refractivity contribution in [1.29, 1.82) is 0 Å². The molecule has 0 aromatic heterocycles. The maximum atomic E-state index is 12.8. The fraction of sp³-hybridized carbons (Fsp3) is 0.739. The van der Waals surface area contributed by atoms with Crippen LogP contribution in [0.15, 0.2) is 0 Å². The zero-order valence-corrected chi connectivity index (χ0v) is 26.7. The van der Waals surface area contributed by atoms with Crippen LogP contribution in [-0.4, -0.2) is 102 Å². The lowest BCUT2D eigenvalue weighted by Crippen LogP contribution is -2.46. The molecule has 2 fully saturated rings. The summed E-state index contributed by atoms with van der Waals surface area (Å²) in [6, 6.07) is -0.860. The zero-order chi connectivity index (χ0) is 30.9. The molecular weight excluding hydrogens is 629 g/mol. The molecule has 2 saturated heterocycles. The quantitative estimate of drug-likeness (QED) is 0.0410. The molecule has 2 heterocycles. The molecule has 9 N–H and O–H groups in total. The maximum Gasteiger partial charge on any atom is 0.406 e. The Bertz CT molecular complexity index is 886. The van der Waals surface area contributed by atoms with Crippen molar-refractivity contribution in [2.75, 3.05) is 39.8 Å². The summed E-state index contributed by atoms with van der Waals surface area (Å²) < 4.78 is 4.86. The van der Waals surface area contributed by atoms with Crippen molar-refractivity contribution in [3.05, 3.63) is 0 Å². The minimum Gasteiger partial charge on any atom is -0.453 e. The van der Waals surface area contributed by atoms with E-state index in [1.165, 1.54) is 7.11 Å². The van der Waals surface area contributed by atoms with Crippen LogP contribution in [0, 0.1) is 0 Å². The van der Waals surface area contributed by atoms with Gasteiger partial charge in [-0.3, -0.25) is 34.6 Å². The number of rotatable bonds is 23. The van der Waals surface area contributed by atoms with Gasteiger partial charge in [0, 0.05) is 26.1 Å². The van der Waals surface area contributed by atoms with Crippen molar-refractivity contribution >= 4 is 78.8 Å². The molecule has 2 atom stereocenters. The van der Waals surface area contributed by atoms with Gasteiger partial charge in [-0.1, -0.05) is 43.2 Å². The summed E-state index contributed by atoms with van der Waals surface area (Å²) in [6.45, 7) is -0.0428. The number of unbranched alkanes of at least 4 members (excludes halogenated alkanes) is 2. The summed E-state index contributed by atoms with van der Waals surface area (Å²) in [5, 5.41) is 14.1. The van der Waals surface area contributed by atoms with Gasteiger partial charge in [0.2, 0.25) is 29.5 Å². The van der Waals surface area contributed by atoms with E-state index in [0.717, 1.165) is 4.90 Å². The predicted molar refractivity (Wildman–Crippen MR) is 166 cm³/mol. The average molecular weight is 669 g/mol.